The molecule has 0 aromatic heterocycles. The Bertz CT molecular complexity index is 436. The molecule has 2 rings (SSSR count). The van der Waals surface area contributed by atoms with E-state index in [1.807, 2.05) is 19.9 Å². The zero-order valence-electron chi connectivity index (χ0n) is 12.4. The number of nitrogens with zero attached hydrogens (tertiary/aromatic N) is 1. The Labute approximate surface area is 120 Å². The molecule has 1 saturated heterocycles. The second-order valence-electron chi connectivity index (χ2n) is 5.47. The molecule has 1 aromatic rings. The summed E-state index contributed by atoms with van der Waals surface area (Å²) in [6.07, 6.45) is 2.48. The van der Waals surface area contributed by atoms with Gasteiger partial charge in [-0.3, -0.25) is 4.90 Å². The summed E-state index contributed by atoms with van der Waals surface area (Å²) in [7, 11) is 0. The van der Waals surface area contributed by atoms with E-state index >= 15 is 0 Å². The Morgan fingerprint density at radius 2 is 2.30 bits per heavy atom. The van der Waals surface area contributed by atoms with Crippen LogP contribution in [0.15, 0.2) is 18.2 Å². The van der Waals surface area contributed by atoms with Crippen molar-refractivity contribution in [2.24, 2.45) is 5.73 Å². The lowest BCUT2D eigenvalue weighted by molar-refractivity contribution is -0.00670. The minimum Gasteiger partial charge on any atom is -0.377 e. The second-order valence-corrected chi connectivity index (χ2v) is 5.47. The Morgan fingerprint density at radius 1 is 1.50 bits per heavy atom. The molecule has 0 radical (unpaired) electrons. The van der Waals surface area contributed by atoms with Crippen molar-refractivity contribution in [1.29, 1.82) is 0 Å². The number of hydrogen-bond acceptors (Lipinski definition) is 3. The van der Waals surface area contributed by atoms with Gasteiger partial charge in [-0.2, -0.15) is 0 Å². The van der Waals surface area contributed by atoms with E-state index in [4.69, 9.17) is 10.5 Å². The number of rotatable bonds is 5. The normalized spacial score (nSPS) is 21.9. The van der Waals surface area contributed by atoms with E-state index < -0.39 is 0 Å². The monoisotopic (exact) mass is 280 g/mol. The predicted octanol–water partition coefficient (Wildman–Crippen LogP) is 2.63. The molecule has 0 amide bonds. The molecule has 2 unspecified atom stereocenters. The summed E-state index contributed by atoms with van der Waals surface area (Å²) in [6, 6.07) is 5.04. The van der Waals surface area contributed by atoms with E-state index in [1.165, 1.54) is 6.07 Å². The maximum Gasteiger partial charge on any atom is 0.123 e. The molecular formula is C16H25FN2O. The highest BCUT2D eigenvalue weighted by Crippen LogP contribution is 2.27. The average molecular weight is 280 g/mol. The molecule has 0 bridgehead atoms. The Hall–Kier alpha value is -0.970. The van der Waals surface area contributed by atoms with Gasteiger partial charge in [-0.05, 0) is 56.5 Å². The minimum atomic E-state index is -0.192. The number of nitrogens with two attached hydrogens (primary N) is 1. The van der Waals surface area contributed by atoms with Crippen LogP contribution in [0.25, 0.3) is 0 Å². The molecule has 0 saturated carbocycles. The van der Waals surface area contributed by atoms with E-state index in [0.717, 1.165) is 43.7 Å². The summed E-state index contributed by atoms with van der Waals surface area (Å²) >= 11 is 0. The van der Waals surface area contributed by atoms with Crippen molar-refractivity contribution in [3.8, 4) is 0 Å². The number of piperidine rings is 1. The Balaban J connectivity index is 2.16. The first-order valence-corrected chi connectivity index (χ1v) is 7.47. The number of aryl methyl sites for hydroxylation is 1. The topological polar surface area (TPSA) is 38.5 Å². The van der Waals surface area contributed by atoms with Crippen LogP contribution in [0, 0.1) is 12.7 Å². The second kappa shape index (κ2) is 7.16. The van der Waals surface area contributed by atoms with Gasteiger partial charge in [0.25, 0.3) is 0 Å². The van der Waals surface area contributed by atoms with Crippen molar-refractivity contribution in [2.75, 3.05) is 26.2 Å². The van der Waals surface area contributed by atoms with Crippen molar-refractivity contribution in [3.63, 3.8) is 0 Å². The quantitative estimate of drug-likeness (QED) is 0.901. The summed E-state index contributed by atoms with van der Waals surface area (Å²) in [6.45, 7) is 7.17. The van der Waals surface area contributed by atoms with Gasteiger partial charge in [0.15, 0.2) is 0 Å². The van der Waals surface area contributed by atoms with Gasteiger partial charge < -0.3 is 10.5 Å². The van der Waals surface area contributed by atoms with Gasteiger partial charge in [0.05, 0.1) is 6.10 Å². The zero-order chi connectivity index (χ0) is 14.5. The van der Waals surface area contributed by atoms with Crippen molar-refractivity contribution in [3.05, 3.63) is 35.1 Å². The fraction of sp³-hybridized carbons (Fsp3) is 0.625. The number of ether oxygens (including phenoxy) is 1. The van der Waals surface area contributed by atoms with Crippen LogP contribution in [0.5, 0.6) is 0 Å². The van der Waals surface area contributed by atoms with Crippen LogP contribution in [0.4, 0.5) is 4.39 Å². The van der Waals surface area contributed by atoms with Gasteiger partial charge in [-0.15, -0.1) is 0 Å². The average Bonchev–Trinajstić information content (AvgIpc) is 2.44. The fourth-order valence-corrected chi connectivity index (χ4v) is 3.06. The lowest BCUT2D eigenvalue weighted by Gasteiger charge is -2.38. The number of benzene rings is 1. The molecule has 3 nitrogen and oxygen atoms in total. The molecule has 4 heteroatoms. The van der Waals surface area contributed by atoms with Crippen LogP contribution in [-0.4, -0.2) is 37.2 Å². The molecule has 0 aliphatic carbocycles. The first-order valence-electron chi connectivity index (χ1n) is 7.47. The molecule has 1 aromatic carbocycles. The molecule has 112 valence electrons. The number of likely N-dealkylation sites (tertiary alicyclic amines) is 1. The molecule has 1 aliphatic rings. The van der Waals surface area contributed by atoms with E-state index in [9.17, 15) is 4.39 Å². The first kappa shape index (κ1) is 15.4. The van der Waals surface area contributed by atoms with E-state index in [2.05, 4.69) is 4.90 Å². The third kappa shape index (κ3) is 3.57. The van der Waals surface area contributed by atoms with Gasteiger partial charge in [-0.1, -0.05) is 6.07 Å². The third-order valence-electron chi connectivity index (χ3n) is 4.08. The maximum absolute atomic E-state index is 13.5. The largest absolute Gasteiger partial charge is 0.377 e. The highest BCUT2D eigenvalue weighted by Gasteiger charge is 2.27. The van der Waals surface area contributed by atoms with Crippen molar-refractivity contribution in [2.45, 2.75) is 38.8 Å². The van der Waals surface area contributed by atoms with Crippen molar-refractivity contribution in [1.82, 2.24) is 4.90 Å². The van der Waals surface area contributed by atoms with Crippen LogP contribution in [0.3, 0.4) is 0 Å². The molecule has 20 heavy (non-hydrogen) atoms. The lowest BCUT2D eigenvalue weighted by atomic mass is 9.97. The standard InChI is InChI=1S/C16H25FN2O/c1-3-20-14-5-4-8-19(11-14)16(10-18)15-9-13(17)7-6-12(15)2/h6-7,9,14,16H,3-5,8,10-11,18H2,1-2H3. The van der Waals surface area contributed by atoms with Crippen LogP contribution < -0.4 is 5.73 Å². The molecule has 2 atom stereocenters. The summed E-state index contributed by atoms with van der Waals surface area (Å²) in [5.41, 5.74) is 8.07. The summed E-state index contributed by atoms with van der Waals surface area (Å²) in [5.74, 6) is -0.192. The Kier molecular flexibility index (Phi) is 5.52. The Morgan fingerprint density at radius 3 is 3.00 bits per heavy atom. The zero-order valence-corrected chi connectivity index (χ0v) is 12.4. The lowest BCUT2D eigenvalue weighted by Crippen LogP contribution is -2.44. The molecule has 2 N–H and O–H groups in total. The summed E-state index contributed by atoms with van der Waals surface area (Å²) in [4.78, 5) is 2.34. The van der Waals surface area contributed by atoms with Gasteiger partial charge in [0.2, 0.25) is 0 Å². The molecule has 1 aliphatic heterocycles. The van der Waals surface area contributed by atoms with Crippen LogP contribution in [-0.2, 0) is 4.74 Å². The van der Waals surface area contributed by atoms with Crippen LogP contribution in [0.2, 0.25) is 0 Å². The summed E-state index contributed by atoms with van der Waals surface area (Å²) in [5, 5.41) is 0. The van der Waals surface area contributed by atoms with E-state index in [0.29, 0.717) is 6.54 Å². The highest BCUT2D eigenvalue weighted by molar-refractivity contribution is 5.30. The highest BCUT2D eigenvalue weighted by atomic mass is 19.1. The minimum absolute atomic E-state index is 0.0777. The summed E-state index contributed by atoms with van der Waals surface area (Å²) < 4.78 is 19.3. The molecule has 1 fully saturated rings. The van der Waals surface area contributed by atoms with Crippen LogP contribution in [0.1, 0.15) is 36.9 Å². The van der Waals surface area contributed by atoms with Crippen molar-refractivity contribution >= 4 is 0 Å². The molecular weight excluding hydrogens is 255 g/mol. The first-order chi connectivity index (χ1) is 9.65. The number of hydrogen-bond donors (Lipinski definition) is 1. The smallest absolute Gasteiger partial charge is 0.123 e. The van der Waals surface area contributed by atoms with E-state index in [-0.39, 0.29) is 18.0 Å². The van der Waals surface area contributed by atoms with Gasteiger partial charge in [0, 0.05) is 25.7 Å². The van der Waals surface area contributed by atoms with Gasteiger partial charge in [0.1, 0.15) is 5.82 Å². The third-order valence-corrected chi connectivity index (χ3v) is 4.08. The van der Waals surface area contributed by atoms with Crippen LogP contribution >= 0.6 is 0 Å². The van der Waals surface area contributed by atoms with Crippen molar-refractivity contribution < 1.29 is 9.13 Å². The van der Waals surface area contributed by atoms with Gasteiger partial charge >= 0.3 is 0 Å². The van der Waals surface area contributed by atoms with E-state index in [1.54, 1.807) is 6.07 Å². The predicted molar refractivity (Wildman–Crippen MR) is 79.2 cm³/mol. The molecule has 0 spiro atoms. The molecule has 1 heterocycles. The van der Waals surface area contributed by atoms with Gasteiger partial charge in [-0.25, -0.2) is 4.39 Å². The number of halogens is 1. The SMILES string of the molecule is CCOC1CCCN(C(CN)c2cc(F)ccc2C)C1. The maximum atomic E-state index is 13.5. The fourth-order valence-electron chi connectivity index (χ4n) is 3.06.